The summed E-state index contributed by atoms with van der Waals surface area (Å²) >= 11 is 0. The quantitative estimate of drug-likeness (QED) is 0.898. The van der Waals surface area contributed by atoms with E-state index in [-0.39, 0.29) is 18.1 Å². The summed E-state index contributed by atoms with van der Waals surface area (Å²) in [6, 6.07) is 5.10. The van der Waals surface area contributed by atoms with Crippen LogP contribution in [0.5, 0.6) is 0 Å². The number of likely N-dealkylation sites (tertiary alicyclic amines) is 1. The predicted octanol–water partition coefficient (Wildman–Crippen LogP) is 2.21. The first-order valence-electron chi connectivity index (χ1n) is 7.12. The monoisotopic (exact) mass is 293 g/mol. The van der Waals surface area contributed by atoms with Crippen molar-refractivity contribution in [1.29, 1.82) is 0 Å². The van der Waals surface area contributed by atoms with Crippen molar-refractivity contribution in [2.45, 2.75) is 19.8 Å². The minimum Gasteiger partial charge on any atom is -0.305 e. The molecule has 0 spiro atoms. The van der Waals surface area contributed by atoms with Gasteiger partial charge in [0.25, 0.3) is 0 Å². The van der Waals surface area contributed by atoms with Crippen LogP contribution in [-0.4, -0.2) is 36.5 Å². The molecule has 5 nitrogen and oxygen atoms in total. The SMILES string of the molecule is CC1CCN(CC(=O)NC(=O)Nc2ccccc2F)CC1. The Labute approximate surface area is 123 Å². The topological polar surface area (TPSA) is 61.4 Å². The number of urea groups is 1. The van der Waals surface area contributed by atoms with Crippen molar-refractivity contribution >= 4 is 17.6 Å². The maximum Gasteiger partial charge on any atom is 0.326 e. The summed E-state index contributed by atoms with van der Waals surface area (Å²) in [5.41, 5.74) is 0.0506. The Hall–Kier alpha value is -1.95. The van der Waals surface area contributed by atoms with E-state index in [4.69, 9.17) is 0 Å². The minimum atomic E-state index is -0.713. The zero-order valence-electron chi connectivity index (χ0n) is 12.1. The highest BCUT2D eigenvalue weighted by Crippen LogP contribution is 2.15. The Balaban J connectivity index is 1.77. The number of carbonyl (C=O) groups is 2. The third-order valence-electron chi connectivity index (χ3n) is 3.62. The van der Waals surface area contributed by atoms with Gasteiger partial charge in [0.05, 0.1) is 12.2 Å². The van der Waals surface area contributed by atoms with Gasteiger partial charge in [-0.15, -0.1) is 0 Å². The summed E-state index contributed by atoms with van der Waals surface area (Å²) in [5.74, 6) is -0.225. The van der Waals surface area contributed by atoms with E-state index >= 15 is 0 Å². The number of benzene rings is 1. The smallest absolute Gasteiger partial charge is 0.305 e. The number of para-hydroxylation sites is 1. The van der Waals surface area contributed by atoms with Gasteiger partial charge in [0.15, 0.2) is 0 Å². The molecule has 21 heavy (non-hydrogen) atoms. The van der Waals surface area contributed by atoms with Crippen LogP contribution in [-0.2, 0) is 4.79 Å². The average Bonchev–Trinajstić information content (AvgIpc) is 2.44. The molecule has 0 bridgehead atoms. The normalized spacial score (nSPS) is 16.5. The second kappa shape index (κ2) is 7.17. The second-order valence-electron chi connectivity index (χ2n) is 5.44. The number of carbonyl (C=O) groups excluding carboxylic acids is 2. The number of imide groups is 1. The van der Waals surface area contributed by atoms with Gasteiger partial charge in [-0.2, -0.15) is 0 Å². The zero-order chi connectivity index (χ0) is 15.2. The largest absolute Gasteiger partial charge is 0.326 e. The molecule has 0 atom stereocenters. The molecule has 0 aromatic heterocycles. The summed E-state index contributed by atoms with van der Waals surface area (Å²) < 4.78 is 13.4. The fourth-order valence-electron chi connectivity index (χ4n) is 2.31. The van der Waals surface area contributed by atoms with Gasteiger partial charge < -0.3 is 5.32 Å². The van der Waals surface area contributed by atoms with E-state index < -0.39 is 11.8 Å². The lowest BCUT2D eigenvalue weighted by atomic mass is 9.99. The Morgan fingerprint density at radius 2 is 1.95 bits per heavy atom. The highest BCUT2D eigenvalue weighted by atomic mass is 19.1. The van der Waals surface area contributed by atoms with Gasteiger partial charge in [0.1, 0.15) is 5.82 Å². The Morgan fingerprint density at radius 3 is 2.62 bits per heavy atom. The standard InChI is InChI=1S/C15H20FN3O2/c1-11-6-8-19(9-7-11)10-14(20)18-15(21)17-13-5-3-2-4-12(13)16/h2-5,11H,6-10H2,1H3,(H2,17,18,20,21). The van der Waals surface area contributed by atoms with Crippen molar-refractivity contribution in [3.63, 3.8) is 0 Å². The van der Waals surface area contributed by atoms with Crippen LogP contribution < -0.4 is 10.6 Å². The van der Waals surface area contributed by atoms with E-state index in [1.807, 2.05) is 4.90 Å². The van der Waals surface area contributed by atoms with Crippen LogP contribution >= 0.6 is 0 Å². The van der Waals surface area contributed by atoms with E-state index in [0.29, 0.717) is 5.92 Å². The lowest BCUT2D eigenvalue weighted by Gasteiger charge is -2.29. The van der Waals surface area contributed by atoms with Crippen molar-refractivity contribution < 1.29 is 14.0 Å². The number of nitrogens with one attached hydrogen (secondary N) is 2. The van der Waals surface area contributed by atoms with E-state index in [0.717, 1.165) is 25.9 Å². The van der Waals surface area contributed by atoms with Crippen LogP contribution in [0.3, 0.4) is 0 Å². The molecule has 1 aliphatic rings. The summed E-state index contributed by atoms with van der Waals surface area (Å²) in [5, 5.41) is 4.54. The average molecular weight is 293 g/mol. The van der Waals surface area contributed by atoms with Crippen molar-refractivity contribution in [1.82, 2.24) is 10.2 Å². The van der Waals surface area contributed by atoms with E-state index in [2.05, 4.69) is 17.6 Å². The number of hydrogen-bond donors (Lipinski definition) is 2. The number of nitrogens with zero attached hydrogens (tertiary/aromatic N) is 1. The van der Waals surface area contributed by atoms with E-state index in [1.165, 1.54) is 18.2 Å². The highest BCUT2D eigenvalue weighted by molar-refractivity contribution is 6.01. The molecule has 1 saturated heterocycles. The fraction of sp³-hybridized carbons (Fsp3) is 0.467. The molecule has 0 saturated carbocycles. The molecular formula is C15H20FN3O2. The maximum atomic E-state index is 13.4. The van der Waals surface area contributed by atoms with Gasteiger partial charge in [-0.05, 0) is 44.0 Å². The lowest BCUT2D eigenvalue weighted by Crippen LogP contribution is -2.44. The van der Waals surface area contributed by atoms with Gasteiger partial charge in [-0.1, -0.05) is 19.1 Å². The van der Waals surface area contributed by atoms with E-state index in [9.17, 15) is 14.0 Å². The molecule has 1 aromatic rings. The molecular weight excluding hydrogens is 273 g/mol. The highest BCUT2D eigenvalue weighted by Gasteiger charge is 2.19. The van der Waals surface area contributed by atoms with Crippen molar-refractivity contribution in [2.24, 2.45) is 5.92 Å². The predicted molar refractivity (Wildman–Crippen MR) is 78.4 cm³/mol. The first-order chi connectivity index (χ1) is 10.0. The summed E-state index contributed by atoms with van der Waals surface area (Å²) in [7, 11) is 0. The Bertz CT molecular complexity index is 513. The molecule has 2 N–H and O–H groups in total. The number of halogens is 1. The van der Waals surface area contributed by atoms with Gasteiger partial charge in [0, 0.05) is 0 Å². The molecule has 1 heterocycles. The number of anilines is 1. The molecule has 6 heteroatoms. The molecule has 114 valence electrons. The molecule has 1 fully saturated rings. The molecule has 1 aromatic carbocycles. The number of amides is 3. The summed E-state index contributed by atoms with van der Waals surface area (Å²) in [4.78, 5) is 25.4. The second-order valence-corrected chi connectivity index (χ2v) is 5.44. The van der Waals surface area contributed by atoms with Crippen LogP contribution in [0.4, 0.5) is 14.9 Å². The number of rotatable bonds is 3. The molecule has 0 unspecified atom stereocenters. The molecule has 3 amide bonds. The third-order valence-corrected chi connectivity index (χ3v) is 3.62. The summed E-state index contributed by atoms with van der Waals surface area (Å²) in [6.45, 7) is 4.11. The van der Waals surface area contributed by atoms with Gasteiger partial charge in [0.2, 0.25) is 5.91 Å². The fourth-order valence-corrected chi connectivity index (χ4v) is 2.31. The van der Waals surface area contributed by atoms with E-state index in [1.54, 1.807) is 6.07 Å². The Kier molecular flexibility index (Phi) is 5.27. The first-order valence-corrected chi connectivity index (χ1v) is 7.12. The first kappa shape index (κ1) is 15.4. The molecule has 0 aliphatic carbocycles. The summed E-state index contributed by atoms with van der Waals surface area (Å²) in [6.07, 6.45) is 2.13. The van der Waals surface area contributed by atoms with Gasteiger partial charge in [-0.3, -0.25) is 15.0 Å². The van der Waals surface area contributed by atoms with Crippen LogP contribution in [0.15, 0.2) is 24.3 Å². The number of piperidine rings is 1. The van der Waals surface area contributed by atoms with Crippen LogP contribution in [0.25, 0.3) is 0 Å². The van der Waals surface area contributed by atoms with Crippen molar-refractivity contribution in [3.8, 4) is 0 Å². The van der Waals surface area contributed by atoms with Gasteiger partial charge >= 0.3 is 6.03 Å². The molecule has 1 aliphatic heterocycles. The zero-order valence-corrected chi connectivity index (χ0v) is 12.1. The molecule has 0 radical (unpaired) electrons. The Morgan fingerprint density at radius 1 is 1.29 bits per heavy atom. The van der Waals surface area contributed by atoms with Crippen LogP contribution in [0, 0.1) is 11.7 Å². The maximum absolute atomic E-state index is 13.4. The lowest BCUT2D eigenvalue weighted by molar-refractivity contribution is -0.121. The van der Waals surface area contributed by atoms with Crippen molar-refractivity contribution in [2.75, 3.05) is 25.0 Å². The number of hydrogen-bond acceptors (Lipinski definition) is 3. The third kappa shape index (κ3) is 4.82. The molecule has 2 rings (SSSR count). The van der Waals surface area contributed by atoms with Crippen LogP contribution in [0.2, 0.25) is 0 Å². The van der Waals surface area contributed by atoms with Crippen LogP contribution in [0.1, 0.15) is 19.8 Å². The van der Waals surface area contributed by atoms with Gasteiger partial charge in [-0.25, -0.2) is 9.18 Å². The minimum absolute atomic E-state index is 0.0506. The van der Waals surface area contributed by atoms with Crippen molar-refractivity contribution in [3.05, 3.63) is 30.1 Å².